The zero-order valence-corrected chi connectivity index (χ0v) is 10.1. The van der Waals surface area contributed by atoms with Crippen LogP contribution in [0.5, 0.6) is 0 Å². The van der Waals surface area contributed by atoms with E-state index in [1.807, 2.05) is 0 Å². The molecule has 0 spiro atoms. The largest absolute Gasteiger partial charge is 0.481 e. The maximum absolute atomic E-state index is 11.7. The molecule has 0 saturated heterocycles. The van der Waals surface area contributed by atoms with Crippen molar-refractivity contribution in [2.75, 3.05) is 13.6 Å². The molecule has 0 aromatic heterocycles. The zero-order valence-electron chi connectivity index (χ0n) is 10.1. The lowest BCUT2D eigenvalue weighted by molar-refractivity contribution is -0.144. The first kappa shape index (κ1) is 12.4. The summed E-state index contributed by atoms with van der Waals surface area (Å²) in [4.78, 5) is 22.9. The van der Waals surface area contributed by atoms with Gasteiger partial charge in [-0.05, 0) is 38.1 Å². The van der Waals surface area contributed by atoms with E-state index >= 15 is 0 Å². The summed E-state index contributed by atoms with van der Waals surface area (Å²) in [6.07, 6.45) is 3.45. The van der Waals surface area contributed by atoms with Gasteiger partial charge in [-0.3, -0.25) is 9.59 Å². The second-order valence-electron chi connectivity index (χ2n) is 5.14. The molecule has 2 bridgehead atoms. The first-order chi connectivity index (χ1) is 8.13. The Morgan fingerprint density at radius 1 is 1.29 bits per heavy atom. The Labute approximate surface area is 101 Å². The van der Waals surface area contributed by atoms with Crippen LogP contribution in [-0.4, -0.2) is 36.6 Å². The number of carboxylic acid groups (broad SMARTS) is 1. The maximum Gasteiger partial charge on any atom is 0.308 e. The minimum absolute atomic E-state index is 0.0388. The first-order valence-electron chi connectivity index (χ1n) is 6.30. The van der Waals surface area contributed by atoms with Gasteiger partial charge in [0.05, 0.1) is 5.92 Å². The highest BCUT2D eigenvalue weighted by Crippen LogP contribution is 2.48. The molecule has 2 aliphatic carbocycles. The highest BCUT2D eigenvalue weighted by atomic mass is 16.4. The molecular formula is C12H20N2O3. The van der Waals surface area contributed by atoms with Gasteiger partial charge in [0.25, 0.3) is 0 Å². The monoisotopic (exact) mass is 240 g/mol. The molecule has 96 valence electrons. The summed E-state index contributed by atoms with van der Waals surface area (Å²) < 4.78 is 0. The number of fused-ring (bicyclic) bond motifs is 2. The molecule has 0 heterocycles. The summed E-state index contributed by atoms with van der Waals surface area (Å²) in [6, 6.07) is -0.143. The quantitative estimate of drug-likeness (QED) is 0.642. The van der Waals surface area contributed by atoms with Gasteiger partial charge in [0.1, 0.15) is 0 Å². The molecule has 2 rings (SSSR count). The molecule has 0 radical (unpaired) electrons. The van der Waals surface area contributed by atoms with Crippen LogP contribution in [0, 0.1) is 17.8 Å². The molecule has 0 aromatic rings. The highest BCUT2D eigenvalue weighted by Gasteiger charge is 2.51. The molecule has 2 fully saturated rings. The second kappa shape index (κ2) is 5.04. The summed E-state index contributed by atoms with van der Waals surface area (Å²) in [7, 11) is 1.80. The zero-order chi connectivity index (χ0) is 12.4. The normalized spacial score (nSPS) is 34.9. The van der Waals surface area contributed by atoms with Gasteiger partial charge in [-0.25, -0.2) is 0 Å². The molecule has 1 amide bonds. The van der Waals surface area contributed by atoms with Crippen molar-refractivity contribution >= 4 is 11.9 Å². The first-order valence-corrected chi connectivity index (χ1v) is 6.30. The molecule has 5 nitrogen and oxygen atoms in total. The van der Waals surface area contributed by atoms with Crippen molar-refractivity contribution in [1.29, 1.82) is 0 Å². The van der Waals surface area contributed by atoms with Gasteiger partial charge >= 0.3 is 5.97 Å². The molecule has 5 heteroatoms. The molecular weight excluding hydrogens is 220 g/mol. The Morgan fingerprint density at radius 3 is 2.65 bits per heavy atom. The SMILES string of the molecule is CNCCC(=O)NC1C2CCC(C2)C1C(=O)O. The number of carboxylic acids is 1. The molecule has 3 N–H and O–H groups in total. The van der Waals surface area contributed by atoms with Gasteiger partial charge < -0.3 is 15.7 Å². The Bertz CT molecular complexity index is 319. The fourth-order valence-electron chi connectivity index (χ4n) is 3.35. The number of hydrogen-bond acceptors (Lipinski definition) is 3. The number of carbonyl (C=O) groups is 2. The summed E-state index contributed by atoms with van der Waals surface area (Å²) in [6.45, 7) is 0.629. The number of nitrogens with one attached hydrogen (secondary N) is 2. The van der Waals surface area contributed by atoms with Gasteiger partial charge in [-0.2, -0.15) is 0 Å². The van der Waals surface area contributed by atoms with Gasteiger partial charge in [-0.1, -0.05) is 0 Å². The Morgan fingerprint density at radius 2 is 2.00 bits per heavy atom. The van der Waals surface area contributed by atoms with E-state index in [-0.39, 0.29) is 23.8 Å². The predicted molar refractivity (Wildman–Crippen MR) is 62.4 cm³/mol. The summed E-state index contributed by atoms with van der Waals surface area (Å²) >= 11 is 0. The standard InChI is InChI=1S/C12H20N2O3/c1-13-5-4-9(15)14-11-8-3-2-7(6-8)10(11)12(16)17/h7-8,10-11,13H,2-6H2,1H3,(H,14,15)(H,16,17). The molecule has 4 unspecified atom stereocenters. The Hall–Kier alpha value is -1.10. The molecule has 4 atom stereocenters. The van der Waals surface area contributed by atoms with E-state index < -0.39 is 5.97 Å². The average molecular weight is 240 g/mol. The summed E-state index contributed by atoms with van der Waals surface area (Å²) in [5.41, 5.74) is 0. The molecule has 2 aliphatic rings. The van der Waals surface area contributed by atoms with Crippen LogP contribution < -0.4 is 10.6 Å². The highest BCUT2D eigenvalue weighted by molar-refractivity contribution is 5.79. The lowest BCUT2D eigenvalue weighted by atomic mass is 9.84. The third-order valence-electron chi connectivity index (χ3n) is 4.13. The minimum Gasteiger partial charge on any atom is -0.481 e. The van der Waals surface area contributed by atoms with Crippen molar-refractivity contribution in [3.63, 3.8) is 0 Å². The van der Waals surface area contributed by atoms with Gasteiger partial charge in [0.15, 0.2) is 0 Å². The molecule has 2 saturated carbocycles. The number of carbonyl (C=O) groups excluding carboxylic acids is 1. The predicted octanol–water partition coefficient (Wildman–Crippen LogP) is 0.211. The lowest BCUT2D eigenvalue weighted by Crippen LogP contribution is -2.47. The number of hydrogen-bond donors (Lipinski definition) is 3. The Balaban J connectivity index is 1.94. The van der Waals surface area contributed by atoms with Crippen LogP contribution in [-0.2, 0) is 9.59 Å². The van der Waals surface area contributed by atoms with Crippen LogP contribution >= 0.6 is 0 Å². The minimum atomic E-state index is -0.754. The van der Waals surface area contributed by atoms with Gasteiger partial charge in [-0.15, -0.1) is 0 Å². The van der Waals surface area contributed by atoms with Crippen LogP contribution in [0.15, 0.2) is 0 Å². The van der Waals surface area contributed by atoms with Crippen molar-refractivity contribution < 1.29 is 14.7 Å². The fraction of sp³-hybridized carbons (Fsp3) is 0.833. The van der Waals surface area contributed by atoms with E-state index in [1.165, 1.54) is 0 Å². The van der Waals surface area contributed by atoms with E-state index in [9.17, 15) is 14.7 Å². The molecule has 17 heavy (non-hydrogen) atoms. The smallest absolute Gasteiger partial charge is 0.308 e. The third-order valence-corrected chi connectivity index (χ3v) is 4.13. The fourth-order valence-corrected chi connectivity index (χ4v) is 3.35. The van der Waals surface area contributed by atoms with E-state index in [1.54, 1.807) is 7.05 Å². The van der Waals surface area contributed by atoms with E-state index in [0.717, 1.165) is 19.3 Å². The lowest BCUT2D eigenvalue weighted by Gasteiger charge is -2.28. The van der Waals surface area contributed by atoms with Crippen molar-refractivity contribution in [3.8, 4) is 0 Å². The average Bonchev–Trinajstić information content (AvgIpc) is 2.86. The van der Waals surface area contributed by atoms with E-state index in [2.05, 4.69) is 10.6 Å². The van der Waals surface area contributed by atoms with Crippen molar-refractivity contribution in [2.45, 2.75) is 31.7 Å². The number of rotatable bonds is 5. The van der Waals surface area contributed by atoms with Gasteiger partial charge in [0.2, 0.25) is 5.91 Å². The second-order valence-corrected chi connectivity index (χ2v) is 5.14. The topological polar surface area (TPSA) is 78.4 Å². The van der Waals surface area contributed by atoms with E-state index in [4.69, 9.17) is 0 Å². The van der Waals surface area contributed by atoms with Crippen LogP contribution in [0.3, 0.4) is 0 Å². The number of amides is 1. The summed E-state index contributed by atoms with van der Waals surface area (Å²) in [5, 5.41) is 15.1. The van der Waals surface area contributed by atoms with Crippen molar-refractivity contribution in [1.82, 2.24) is 10.6 Å². The maximum atomic E-state index is 11.7. The van der Waals surface area contributed by atoms with Crippen molar-refractivity contribution in [3.05, 3.63) is 0 Å². The Kier molecular flexibility index (Phi) is 3.66. The molecule has 0 aromatic carbocycles. The molecule has 0 aliphatic heterocycles. The van der Waals surface area contributed by atoms with Crippen LogP contribution in [0.4, 0.5) is 0 Å². The van der Waals surface area contributed by atoms with E-state index in [0.29, 0.717) is 18.9 Å². The third kappa shape index (κ3) is 2.44. The van der Waals surface area contributed by atoms with Crippen LogP contribution in [0.2, 0.25) is 0 Å². The summed E-state index contributed by atoms with van der Waals surface area (Å²) in [5.74, 6) is -0.515. The van der Waals surface area contributed by atoms with Gasteiger partial charge in [0, 0.05) is 19.0 Å². The van der Waals surface area contributed by atoms with Crippen LogP contribution in [0.25, 0.3) is 0 Å². The van der Waals surface area contributed by atoms with Crippen LogP contribution in [0.1, 0.15) is 25.7 Å². The van der Waals surface area contributed by atoms with Crippen molar-refractivity contribution in [2.24, 2.45) is 17.8 Å². The number of aliphatic carboxylic acids is 1.